The summed E-state index contributed by atoms with van der Waals surface area (Å²) < 4.78 is 5.17. The zero-order valence-corrected chi connectivity index (χ0v) is 8.39. The first-order chi connectivity index (χ1) is 6.31. The molecule has 3 N–H and O–H groups in total. The number of carbonyl (C=O) groups is 1. The molecule has 0 spiro atoms. The molecule has 0 fully saturated rings. The van der Waals surface area contributed by atoms with E-state index in [2.05, 4.69) is 22.8 Å². The Morgan fingerprint density at radius 3 is 2.85 bits per heavy atom. The second-order valence-electron chi connectivity index (χ2n) is 2.35. The van der Waals surface area contributed by atoms with Crippen LogP contribution in [-0.4, -0.2) is 38.0 Å². The maximum Gasteiger partial charge on any atom is 0.248 e. The zero-order valence-electron chi connectivity index (χ0n) is 7.49. The molecule has 1 amide bonds. The number of hydrogen-bond donors (Lipinski definition) is 3. The predicted octanol–water partition coefficient (Wildman–Crippen LogP) is -0.671. The van der Waals surface area contributed by atoms with E-state index in [9.17, 15) is 4.79 Å². The number of thiol groups is 1. The van der Waals surface area contributed by atoms with Gasteiger partial charge in [-0.15, -0.1) is 0 Å². The van der Waals surface area contributed by atoms with Crippen molar-refractivity contribution in [2.75, 3.05) is 32.1 Å². The molecule has 6 heteroatoms. The second-order valence-corrected chi connectivity index (χ2v) is 2.80. The Hall–Kier alpha value is -0.300. The van der Waals surface area contributed by atoms with Crippen molar-refractivity contribution < 1.29 is 14.4 Å². The minimum atomic E-state index is -0.236. The number of ether oxygens (including phenoxy) is 1. The highest BCUT2D eigenvalue weighted by molar-refractivity contribution is 7.80. The first kappa shape index (κ1) is 12.7. The van der Waals surface area contributed by atoms with Gasteiger partial charge in [-0.1, -0.05) is 0 Å². The molecule has 0 aliphatic carbocycles. The van der Waals surface area contributed by atoms with Crippen LogP contribution in [0.15, 0.2) is 0 Å². The Labute approximate surface area is 83.3 Å². The van der Waals surface area contributed by atoms with Crippen molar-refractivity contribution in [2.24, 2.45) is 5.90 Å². The molecule has 0 rings (SSSR count). The summed E-state index contributed by atoms with van der Waals surface area (Å²) >= 11 is 4.03. The Morgan fingerprint density at radius 1 is 1.46 bits per heavy atom. The van der Waals surface area contributed by atoms with Gasteiger partial charge in [-0.05, 0) is 12.2 Å². The Bertz CT molecular complexity index is 135. The number of nitrogens with two attached hydrogens (primary N) is 1. The fourth-order valence-corrected chi connectivity index (χ4v) is 0.787. The van der Waals surface area contributed by atoms with Gasteiger partial charge in [-0.3, -0.25) is 9.63 Å². The molecule has 5 nitrogen and oxygen atoms in total. The van der Waals surface area contributed by atoms with Gasteiger partial charge in [0.05, 0.1) is 6.61 Å². The lowest BCUT2D eigenvalue weighted by molar-refractivity contribution is -0.126. The molecule has 13 heavy (non-hydrogen) atoms. The van der Waals surface area contributed by atoms with Crippen LogP contribution in [0.25, 0.3) is 0 Å². The molecule has 0 aliphatic heterocycles. The molecule has 78 valence electrons. The maximum atomic E-state index is 10.7. The number of hydrogen-bond acceptors (Lipinski definition) is 5. The van der Waals surface area contributed by atoms with E-state index in [1.807, 2.05) is 0 Å². The molecule has 0 aliphatic rings. The quantitative estimate of drug-likeness (QED) is 0.281. The van der Waals surface area contributed by atoms with Crippen LogP contribution in [0.5, 0.6) is 0 Å². The number of rotatable bonds is 8. The third-order valence-electron chi connectivity index (χ3n) is 1.23. The monoisotopic (exact) mass is 208 g/mol. The summed E-state index contributed by atoms with van der Waals surface area (Å²) in [6, 6.07) is 0. The standard InChI is InChI=1S/C7H16N2O3S/c8-12-6-7(10)9-2-4-11-3-1-5-13/h13H,1-6,8H2,(H,9,10). The fourth-order valence-electron chi connectivity index (χ4n) is 0.658. The van der Waals surface area contributed by atoms with Crippen molar-refractivity contribution in [3.05, 3.63) is 0 Å². The lowest BCUT2D eigenvalue weighted by atomic mass is 10.5. The first-order valence-corrected chi connectivity index (χ1v) is 4.71. The maximum absolute atomic E-state index is 10.7. The summed E-state index contributed by atoms with van der Waals surface area (Å²) in [7, 11) is 0. The summed E-state index contributed by atoms with van der Waals surface area (Å²) in [5, 5.41) is 2.57. The Balaban J connectivity index is 3.02. The average Bonchev–Trinajstić information content (AvgIpc) is 2.11. The van der Waals surface area contributed by atoms with Crippen LogP contribution in [0.1, 0.15) is 6.42 Å². The van der Waals surface area contributed by atoms with Gasteiger partial charge in [0.2, 0.25) is 5.91 Å². The van der Waals surface area contributed by atoms with Crippen molar-refractivity contribution in [3.8, 4) is 0 Å². The zero-order chi connectivity index (χ0) is 9.94. The molecule has 0 radical (unpaired) electrons. The molecule has 0 saturated heterocycles. The SMILES string of the molecule is NOCC(=O)NCCOCCCS. The van der Waals surface area contributed by atoms with Crippen LogP contribution in [-0.2, 0) is 14.4 Å². The van der Waals surface area contributed by atoms with E-state index in [-0.39, 0.29) is 12.5 Å². The fraction of sp³-hybridized carbons (Fsp3) is 0.857. The van der Waals surface area contributed by atoms with Gasteiger partial charge in [0.1, 0.15) is 6.61 Å². The molecule has 0 saturated carbocycles. The third kappa shape index (κ3) is 9.62. The molecule has 0 unspecified atom stereocenters. The van der Waals surface area contributed by atoms with E-state index in [1.165, 1.54) is 0 Å². The highest BCUT2D eigenvalue weighted by Crippen LogP contribution is 1.84. The van der Waals surface area contributed by atoms with Crippen LogP contribution in [0.3, 0.4) is 0 Å². The first-order valence-electron chi connectivity index (χ1n) is 4.08. The highest BCUT2D eigenvalue weighted by atomic mass is 32.1. The number of amides is 1. The average molecular weight is 208 g/mol. The smallest absolute Gasteiger partial charge is 0.248 e. The predicted molar refractivity (Wildman–Crippen MR) is 52.4 cm³/mol. The minimum absolute atomic E-state index is 0.114. The van der Waals surface area contributed by atoms with Crippen LogP contribution in [0.4, 0.5) is 0 Å². The van der Waals surface area contributed by atoms with Crippen molar-refractivity contribution in [2.45, 2.75) is 6.42 Å². The molecule has 0 heterocycles. The van der Waals surface area contributed by atoms with E-state index in [4.69, 9.17) is 10.6 Å². The molecule has 0 aromatic carbocycles. The highest BCUT2D eigenvalue weighted by Gasteiger charge is 1.97. The van der Waals surface area contributed by atoms with Gasteiger partial charge in [0, 0.05) is 13.2 Å². The van der Waals surface area contributed by atoms with E-state index < -0.39 is 0 Å². The number of nitrogens with one attached hydrogen (secondary N) is 1. The van der Waals surface area contributed by atoms with Gasteiger partial charge >= 0.3 is 0 Å². The van der Waals surface area contributed by atoms with Gasteiger partial charge in [-0.2, -0.15) is 12.6 Å². The minimum Gasteiger partial charge on any atom is -0.380 e. The molecule has 0 bridgehead atoms. The number of carbonyl (C=O) groups excluding carboxylic acids is 1. The van der Waals surface area contributed by atoms with E-state index in [1.54, 1.807) is 0 Å². The summed E-state index contributed by atoms with van der Waals surface area (Å²) in [5.74, 6) is 5.28. The lowest BCUT2D eigenvalue weighted by Gasteiger charge is -2.04. The van der Waals surface area contributed by atoms with E-state index >= 15 is 0 Å². The lowest BCUT2D eigenvalue weighted by Crippen LogP contribution is -2.31. The molecular formula is C7H16N2O3S. The summed E-state index contributed by atoms with van der Waals surface area (Å²) in [6.45, 7) is 1.54. The molecule has 0 aromatic heterocycles. The molecule has 0 aromatic rings. The summed E-state index contributed by atoms with van der Waals surface area (Å²) in [6.07, 6.45) is 0.920. The van der Waals surface area contributed by atoms with Crippen LogP contribution < -0.4 is 11.2 Å². The van der Waals surface area contributed by atoms with Crippen molar-refractivity contribution in [1.82, 2.24) is 5.32 Å². The second kappa shape index (κ2) is 9.79. The topological polar surface area (TPSA) is 73.6 Å². The molecular weight excluding hydrogens is 192 g/mol. The van der Waals surface area contributed by atoms with Crippen LogP contribution in [0, 0.1) is 0 Å². The van der Waals surface area contributed by atoms with Gasteiger partial charge in [0.25, 0.3) is 0 Å². The Kier molecular flexibility index (Phi) is 9.56. The van der Waals surface area contributed by atoms with Crippen molar-refractivity contribution in [3.63, 3.8) is 0 Å². The van der Waals surface area contributed by atoms with Gasteiger partial charge in [0.15, 0.2) is 0 Å². The summed E-state index contributed by atoms with van der Waals surface area (Å²) in [5.41, 5.74) is 0. The van der Waals surface area contributed by atoms with Crippen molar-refractivity contribution >= 4 is 18.5 Å². The Morgan fingerprint density at radius 2 is 2.23 bits per heavy atom. The van der Waals surface area contributed by atoms with Gasteiger partial charge in [-0.25, -0.2) is 5.90 Å². The van der Waals surface area contributed by atoms with Gasteiger partial charge < -0.3 is 10.1 Å². The normalized spacial score (nSPS) is 10.0. The van der Waals surface area contributed by atoms with E-state index in [0.717, 1.165) is 12.2 Å². The third-order valence-corrected chi connectivity index (χ3v) is 1.55. The summed E-state index contributed by atoms with van der Waals surface area (Å²) in [4.78, 5) is 14.9. The van der Waals surface area contributed by atoms with Crippen LogP contribution in [0.2, 0.25) is 0 Å². The van der Waals surface area contributed by atoms with Crippen molar-refractivity contribution in [1.29, 1.82) is 0 Å². The molecule has 0 atom stereocenters. The largest absolute Gasteiger partial charge is 0.380 e. The van der Waals surface area contributed by atoms with E-state index in [0.29, 0.717) is 19.8 Å². The van der Waals surface area contributed by atoms with Crippen LogP contribution >= 0.6 is 12.6 Å².